The van der Waals surface area contributed by atoms with Crippen molar-refractivity contribution in [2.45, 2.75) is 75.4 Å². The summed E-state index contributed by atoms with van der Waals surface area (Å²) in [5, 5.41) is 11.1. The first kappa shape index (κ1) is 31.6. The van der Waals surface area contributed by atoms with Gasteiger partial charge in [0.2, 0.25) is 11.8 Å². The minimum atomic E-state index is -5.08. The second-order valence-corrected chi connectivity index (χ2v) is 11.3. The Morgan fingerprint density at radius 3 is 2.11 bits per heavy atom. The van der Waals surface area contributed by atoms with E-state index in [1.807, 2.05) is 37.7 Å². The fourth-order valence-electron chi connectivity index (χ4n) is 5.01. The molecule has 2 saturated heterocycles. The minimum absolute atomic E-state index is 0.138. The molecule has 2 amide bonds. The van der Waals surface area contributed by atoms with E-state index in [0.717, 1.165) is 16.9 Å². The first-order valence-corrected chi connectivity index (χ1v) is 13.3. The van der Waals surface area contributed by atoms with Crippen LogP contribution in [0.2, 0.25) is 0 Å². The molecule has 0 radical (unpaired) electrons. The molecule has 2 aliphatic heterocycles. The number of amides is 2. The van der Waals surface area contributed by atoms with Crippen molar-refractivity contribution >= 4 is 35.5 Å². The van der Waals surface area contributed by atoms with Gasteiger partial charge in [0.05, 0.1) is 18.9 Å². The molecule has 212 valence electrons. The van der Waals surface area contributed by atoms with E-state index >= 15 is 0 Å². The Morgan fingerprint density at radius 2 is 1.68 bits per heavy atom. The molecule has 0 aromatic heterocycles. The van der Waals surface area contributed by atoms with Crippen LogP contribution >= 0.6 is 11.8 Å². The molecule has 3 rings (SSSR count). The van der Waals surface area contributed by atoms with E-state index in [1.54, 1.807) is 6.92 Å². The Hall–Kier alpha value is -2.60. The van der Waals surface area contributed by atoms with E-state index in [9.17, 15) is 27.6 Å². The van der Waals surface area contributed by atoms with E-state index < -0.39 is 41.5 Å². The molecule has 0 spiro atoms. The molecule has 38 heavy (non-hydrogen) atoms. The number of carboxylic acids is 1. The van der Waals surface area contributed by atoms with Gasteiger partial charge in [-0.1, -0.05) is 39.8 Å². The van der Waals surface area contributed by atoms with E-state index in [2.05, 4.69) is 31.3 Å². The maximum absolute atomic E-state index is 13.3. The van der Waals surface area contributed by atoms with Crippen molar-refractivity contribution in [3.8, 4) is 0 Å². The van der Waals surface area contributed by atoms with Gasteiger partial charge in [-0.3, -0.25) is 24.6 Å². The number of halogens is 3. The molecule has 0 aliphatic carbocycles. The van der Waals surface area contributed by atoms with Crippen LogP contribution in [0.1, 0.15) is 59.1 Å². The van der Waals surface area contributed by atoms with Gasteiger partial charge in [0.1, 0.15) is 5.54 Å². The fraction of sp³-hybridized carbons (Fsp3) is 0.615. The molecule has 1 aromatic rings. The highest BCUT2D eigenvalue weighted by atomic mass is 32.2. The molecule has 5 atom stereocenters. The standard InChI is InChI=1S/C24H34N2O4S.C2HF3O2/c1-7-15(5)31-17-11-9-16(10-12-17)20-18-19(22(28)26(8-2)21(18)27)24(25-20,13-14(3)4)23(29)30-6;3-2(4,5)1(6)7/h9-12,14-15,18-20,25H,7-8,13H2,1-6H3;(H,6,7)/t15?,18-,19-,20-,24-;/m1./s1. The quantitative estimate of drug-likeness (QED) is 0.273. The molecular weight excluding hydrogens is 525 g/mol. The SMILES string of the molecule is CCC(C)Sc1ccc([C@H]2N[C@@](CC(C)C)(C(=O)OC)[C@H]3C(=O)N(CC)C(=O)[C@@H]23)cc1.O=C(O)C(F)(F)F. The molecular formula is C26H35F3N2O6S. The van der Waals surface area contributed by atoms with Crippen molar-refractivity contribution in [2.75, 3.05) is 13.7 Å². The van der Waals surface area contributed by atoms with E-state index in [1.165, 1.54) is 12.0 Å². The number of hydrogen-bond acceptors (Lipinski definition) is 7. The molecule has 1 unspecified atom stereocenters. The number of esters is 1. The van der Waals surface area contributed by atoms with Crippen molar-refractivity contribution in [3.05, 3.63) is 29.8 Å². The monoisotopic (exact) mass is 560 g/mol. The van der Waals surface area contributed by atoms with E-state index in [0.29, 0.717) is 18.2 Å². The summed E-state index contributed by atoms with van der Waals surface area (Å²) >= 11 is 1.81. The Bertz CT molecular complexity index is 1030. The Kier molecular flexibility index (Phi) is 10.4. The average Bonchev–Trinajstić information content (AvgIpc) is 3.31. The number of nitrogens with one attached hydrogen (secondary N) is 1. The number of rotatable bonds is 8. The lowest BCUT2D eigenvalue weighted by Crippen LogP contribution is -2.57. The number of carboxylic acid groups (broad SMARTS) is 1. The number of fused-ring (bicyclic) bond motifs is 1. The predicted octanol–water partition coefficient (Wildman–Crippen LogP) is 4.43. The number of methoxy groups -OCH3 is 1. The highest BCUT2D eigenvalue weighted by molar-refractivity contribution is 7.99. The van der Waals surface area contributed by atoms with Crippen LogP contribution in [-0.4, -0.2) is 64.4 Å². The normalized spacial score (nSPS) is 25.6. The third kappa shape index (κ3) is 6.51. The smallest absolute Gasteiger partial charge is 0.475 e. The molecule has 1 aromatic carbocycles. The van der Waals surface area contributed by atoms with Crippen LogP contribution in [0.5, 0.6) is 0 Å². The third-order valence-electron chi connectivity index (χ3n) is 6.74. The van der Waals surface area contributed by atoms with Crippen LogP contribution in [0.25, 0.3) is 0 Å². The highest BCUT2D eigenvalue weighted by Gasteiger charge is 2.68. The van der Waals surface area contributed by atoms with Gasteiger partial charge in [-0.2, -0.15) is 13.2 Å². The number of aliphatic carboxylic acids is 1. The van der Waals surface area contributed by atoms with E-state index in [4.69, 9.17) is 14.6 Å². The molecule has 2 aliphatic rings. The predicted molar refractivity (Wildman–Crippen MR) is 135 cm³/mol. The van der Waals surface area contributed by atoms with Gasteiger partial charge in [0.25, 0.3) is 0 Å². The number of alkyl halides is 3. The number of thioether (sulfide) groups is 1. The highest BCUT2D eigenvalue weighted by Crippen LogP contribution is 2.51. The maximum Gasteiger partial charge on any atom is 0.490 e. The molecule has 2 heterocycles. The number of ether oxygens (including phenoxy) is 1. The number of carbonyl (C=O) groups is 4. The second kappa shape index (κ2) is 12.5. The largest absolute Gasteiger partial charge is 0.490 e. The van der Waals surface area contributed by atoms with Crippen LogP contribution in [0, 0.1) is 17.8 Å². The Morgan fingerprint density at radius 1 is 1.13 bits per heavy atom. The van der Waals surface area contributed by atoms with Gasteiger partial charge < -0.3 is 9.84 Å². The van der Waals surface area contributed by atoms with Crippen LogP contribution < -0.4 is 5.32 Å². The minimum Gasteiger partial charge on any atom is -0.475 e. The zero-order chi connectivity index (χ0) is 29.0. The average molecular weight is 561 g/mol. The Balaban J connectivity index is 0.000000638. The maximum atomic E-state index is 13.3. The Labute approximate surface area is 224 Å². The summed E-state index contributed by atoms with van der Waals surface area (Å²) in [5.41, 5.74) is -0.295. The fourth-order valence-corrected chi connectivity index (χ4v) is 5.94. The zero-order valence-electron chi connectivity index (χ0n) is 22.3. The summed E-state index contributed by atoms with van der Waals surface area (Å²) in [6.07, 6.45) is -3.57. The number of likely N-dealkylation sites (tertiary alicyclic amines) is 1. The van der Waals surface area contributed by atoms with Crippen LogP contribution in [-0.2, 0) is 23.9 Å². The molecule has 0 bridgehead atoms. The molecule has 12 heteroatoms. The third-order valence-corrected chi connectivity index (χ3v) is 8.02. The lowest BCUT2D eigenvalue weighted by atomic mass is 9.75. The molecule has 0 saturated carbocycles. The first-order chi connectivity index (χ1) is 17.6. The van der Waals surface area contributed by atoms with Gasteiger partial charge >= 0.3 is 18.1 Å². The van der Waals surface area contributed by atoms with Crippen LogP contribution in [0.4, 0.5) is 13.2 Å². The van der Waals surface area contributed by atoms with Crippen molar-refractivity contribution in [1.82, 2.24) is 10.2 Å². The number of benzene rings is 1. The summed E-state index contributed by atoms with van der Waals surface area (Å²) in [6.45, 7) is 10.5. The van der Waals surface area contributed by atoms with Gasteiger partial charge in [-0.25, -0.2) is 4.79 Å². The van der Waals surface area contributed by atoms with Crippen molar-refractivity contribution in [2.24, 2.45) is 17.8 Å². The summed E-state index contributed by atoms with van der Waals surface area (Å²) in [5.74, 6) is -4.94. The summed E-state index contributed by atoms with van der Waals surface area (Å²) < 4.78 is 36.9. The first-order valence-electron chi connectivity index (χ1n) is 12.4. The molecule has 2 N–H and O–H groups in total. The zero-order valence-corrected chi connectivity index (χ0v) is 23.1. The second-order valence-electron chi connectivity index (χ2n) is 9.82. The number of nitrogens with zero attached hydrogens (tertiary/aromatic N) is 1. The topological polar surface area (TPSA) is 113 Å². The summed E-state index contributed by atoms with van der Waals surface area (Å²) in [4.78, 5) is 51.0. The van der Waals surface area contributed by atoms with Crippen LogP contribution in [0.3, 0.4) is 0 Å². The van der Waals surface area contributed by atoms with Crippen LogP contribution in [0.15, 0.2) is 29.2 Å². The van der Waals surface area contributed by atoms with Gasteiger partial charge in [-0.15, -0.1) is 11.8 Å². The van der Waals surface area contributed by atoms with Crippen molar-refractivity contribution < 1.29 is 42.2 Å². The van der Waals surface area contributed by atoms with Crippen molar-refractivity contribution in [3.63, 3.8) is 0 Å². The number of hydrogen-bond donors (Lipinski definition) is 2. The number of imide groups is 1. The lowest BCUT2D eigenvalue weighted by molar-refractivity contribution is -0.192. The summed E-state index contributed by atoms with van der Waals surface area (Å²) in [7, 11) is 1.34. The lowest BCUT2D eigenvalue weighted by Gasteiger charge is -2.33. The molecule has 2 fully saturated rings. The van der Waals surface area contributed by atoms with Gasteiger partial charge in [0.15, 0.2) is 0 Å². The van der Waals surface area contributed by atoms with Gasteiger partial charge in [-0.05, 0) is 43.4 Å². The molecule has 8 nitrogen and oxygen atoms in total. The van der Waals surface area contributed by atoms with Crippen molar-refractivity contribution in [1.29, 1.82) is 0 Å². The van der Waals surface area contributed by atoms with E-state index in [-0.39, 0.29) is 17.7 Å². The number of carbonyl (C=O) groups excluding carboxylic acids is 3. The summed E-state index contributed by atoms with van der Waals surface area (Å²) in [6, 6.07) is 7.71. The van der Waals surface area contributed by atoms with Gasteiger partial charge in [0, 0.05) is 22.7 Å².